The molecule has 0 unspecified atom stereocenters. The predicted octanol–water partition coefficient (Wildman–Crippen LogP) is 3.15. The van der Waals surface area contributed by atoms with Crippen molar-refractivity contribution in [3.63, 3.8) is 0 Å². The van der Waals surface area contributed by atoms with Crippen molar-refractivity contribution < 1.29 is 27.4 Å². The van der Waals surface area contributed by atoms with Crippen molar-refractivity contribution in [2.45, 2.75) is 75.6 Å². The molecular weight excluding hydrogens is 377 g/mol. The topological polar surface area (TPSA) is 68.6 Å². The number of alkyl halides is 3. The maximum Gasteiger partial charge on any atom is 0.522 e. The monoisotopic (exact) mass is 402 g/mol. The molecule has 28 heavy (non-hydrogen) atoms. The van der Waals surface area contributed by atoms with Gasteiger partial charge in [-0.15, -0.1) is 13.2 Å². The van der Waals surface area contributed by atoms with Crippen molar-refractivity contribution >= 4 is 11.8 Å². The molecule has 1 amide bonds. The first-order valence-electron chi connectivity index (χ1n) is 9.43. The minimum absolute atomic E-state index is 0.116. The average molecular weight is 402 g/mol. The minimum Gasteiger partial charge on any atom is -0.444 e. The fourth-order valence-electron chi connectivity index (χ4n) is 4.61. The summed E-state index contributed by atoms with van der Waals surface area (Å²) in [5, 5.41) is 7.39. The number of hydrogen-bond donors (Lipinski definition) is 1. The van der Waals surface area contributed by atoms with Gasteiger partial charge in [0.1, 0.15) is 5.60 Å². The van der Waals surface area contributed by atoms with Crippen LogP contribution in [0.5, 0.6) is 0 Å². The molecule has 1 aromatic heterocycles. The number of aromatic nitrogens is 2. The van der Waals surface area contributed by atoms with Gasteiger partial charge in [0.2, 0.25) is 0 Å². The van der Waals surface area contributed by atoms with Gasteiger partial charge in [0.15, 0.2) is 0 Å². The first-order chi connectivity index (χ1) is 12.9. The standard InChI is InChI=1S/C18H25F3N4O3/c1-15(2,3)28-14(26)23-16-9-17(10-16,11-16)25-7-12(6-22-25)24-5-4-13(8-24)27-18(19,20)21/h6-7,13H,4-5,8-11H2,1-3H3,(H,23,26)/t13-,16?,17?/m1/s1. The molecule has 4 aliphatic rings. The second kappa shape index (κ2) is 6.01. The van der Waals surface area contributed by atoms with Crippen molar-refractivity contribution in [3.05, 3.63) is 12.4 Å². The van der Waals surface area contributed by atoms with Crippen molar-refractivity contribution in [1.29, 1.82) is 0 Å². The molecule has 1 saturated heterocycles. The number of ether oxygens (including phenoxy) is 2. The first kappa shape index (κ1) is 19.4. The molecule has 10 heteroatoms. The van der Waals surface area contributed by atoms with E-state index in [0.29, 0.717) is 13.0 Å². The van der Waals surface area contributed by atoms with E-state index in [1.54, 1.807) is 6.20 Å². The number of amides is 1. The Bertz CT molecular complexity index is 751. The largest absolute Gasteiger partial charge is 0.522 e. The third-order valence-corrected chi connectivity index (χ3v) is 5.63. The number of nitrogens with zero attached hydrogens (tertiary/aromatic N) is 3. The number of carbonyl (C=O) groups is 1. The molecule has 1 atom stereocenters. The van der Waals surface area contributed by atoms with Crippen molar-refractivity contribution in [2.24, 2.45) is 0 Å². The Morgan fingerprint density at radius 3 is 2.57 bits per heavy atom. The number of nitrogens with one attached hydrogen (secondary N) is 1. The molecule has 2 heterocycles. The Morgan fingerprint density at radius 2 is 1.96 bits per heavy atom. The molecule has 3 aliphatic carbocycles. The van der Waals surface area contributed by atoms with E-state index < -0.39 is 24.2 Å². The molecule has 5 rings (SSSR count). The highest BCUT2D eigenvalue weighted by molar-refractivity contribution is 5.70. The maximum absolute atomic E-state index is 12.4. The summed E-state index contributed by atoms with van der Waals surface area (Å²) in [7, 11) is 0. The number of rotatable bonds is 4. The van der Waals surface area contributed by atoms with Crippen LogP contribution in [0.1, 0.15) is 46.5 Å². The van der Waals surface area contributed by atoms with E-state index >= 15 is 0 Å². The molecule has 7 nitrogen and oxygen atoms in total. The minimum atomic E-state index is -4.61. The number of anilines is 1. The smallest absolute Gasteiger partial charge is 0.444 e. The lowest BCUT2D eigenvalue weighted by atomic mass is 9.44. The van der Waals surface area contributed by atoms with Gasteiger partial charge in [-0.1, -0.05) is 0 Å². The Labute approximate surface area is 161 Å². The second-order valence-electron chi connectivity index (χ2n) is 9.23. The highest BCUT2D eigenvalue weighted by Crippen LogP contribution is 2.65. The van der Waals surface area contributed by atoms with Gasteiger partial charge in [0, 0.05) is 19.3 Å². The Kier molecular flexibility index (Phi) is 4.16. The number of carbonyl (C=O) groups excluding carboxylic acids is 1. The lowest BCUT2D eigenvalue weighted by molar-refractivity contribution is -0.339. The fourth-order valence-corrected chi connectivity index (χ4v) is 4.61. The summed E-state index contributed by atoms with van der Waals surface area (Å²) in [5.74, 6) is 0. The summed E-state index contributed by atoms with van der Waals surface area (Å²) in [6.45, 7) is 6.17. The Hall–Kier alpha value is -1.97. The lowest BCUT2D eigenvalue weighted by Gasteiger charge is -2.69. The SMILES string of the molecule is CC(C)(C)OC(=O)NC12CC(n3cc(N4CC[C@@H](OC(F)(F)F)C4)cn3)(C1)C2. The third kappa shape index (κ3) is 3.66. The summed E-state index contributed by atoms with van der Waals surface area (Å²) >= 11 is 0. The van der Waals surface area contributed by atoms with Crippen LogP contribution in [0.25, 0.3) is 0 Å². The van der Waals surface area contributed by atoms with E-state index in [2.05, 4.69) is 15.2 Å². The fraction of sp³-hybridized carbons (Fsp3) is 0.778. The zero-order valence-electron chi connectivity index (χ0n) is 16.2. The van der Waals surface area contributed by atoms with Gasteiger partial charge in [-0.3, -0.25) is 9.42 Å². The van der Waals surface area contributed by atoms with E-state index in [1.165, 1.54) is 0 Å². The summed E-state index contributed by atoms with van der Waals surface area (Å²) in [4.78, 5) is 13.8. The van der Waals surface area contributed by atoms with Crippen LogP contribution >= 0.6 is 0 Å². The highest BCUT2D eigenvalue weighted by Gasteiger charge is 2.70. The van der Waals surface area contributed by atoms with Gasteiger partial charge in [0.25, 0.3) is 0 Å². The maximum atomic E-state index is 12.4. The third-order valence-electron chi connectivity index (χ3n) is 5.63. The molecule has 3 saturated carbocycles. The van der Waals surface area contributed by atoms with Gasteiger partial charge in [0.05, 0.1) is 29.1 Å². The van der Waals surface area contributed by atoms with Crippen molar-refractivity contribution in [3.8, 4) is 0 Å². The number of alkyl carbamates (subject to hydrolysis) is 1. The molecular formula is C18H25F3N4O3. The van der Waals surface area contributed by atoms with Gasteiger partial charge >= 0.3 is 12.5 Å². The van der Waals surface area contributed by atoms with Crippen LogP contribution in [0.2, 0.25) is 0 Å². The van der Waals surface area contributed by atoms with Gasteiger partial charge in [-0.2, -0.15) is 5.10 Å². The summed E-state index contributed by atoms with van der Waals surface area (Å²) < 4.78 is 48.5. The summed E-state index contributed by atoms with van der Waals surface area (Å²) in [6.07, 6.45) is 0.372. The van der Waals surface area contributed by atoms with Crippen LogP contribution in [0, 0.1) is 0 Å². The summed E-state index contributed by atoms with van der Waals surface area (Å²) in [6, 6.07) is 0. The first-order valence-corrected chi connectivity index (χ1v) is 9.43. The molecule has 0 aromatic carbocycles. The highest BCUT2D eigenvalue weighted by atomic mass is 19.4. The van der Waals surface area contributed by atoms with E-state index in [9.17, 15) is 18.0 Å². The predicted molar refractivity (Wildman–Crippen MR) is 93.9 cm³/mol. The molecule has 1 aromatic rings. The van der Waals surface area contributed by atoms with Crippen molar-refractivity contribution in [1.82, 2.24) is 15.1 Å². The normalized spacial score (nSPS) is 31.9. The Morgan fingerprint density at radius 1 is 1.29 bits per heavy atom. The number of hydrogen-bond acceptors (Lipinski definition) is 5. The van der Waals surface area contributed by atoms with Crippen LogP contribution in [0.15, 0.2) is 12.4 Å². The molecule has 1 N–H and O–H groups in total. The number of halogens is 3. The van der Waals surface area contributed by atoms with Crippen LogP contribution < -0.4 is 10.2 Å². The van der Waals surface area contributed by atoms with Gasteiger partial charge in [-0.25, -0.2) is 4.79 Å². The summed E-state index contributed by atoms with van der Waals surface area (Å²) in [5.41, 5.74) is -0.0825. The van der Waals surface area contributed by atoms with Crippen LogP contribution in [0.4, 0.5) is 23.7 Å². The molecule has 156 valence electrons. The zero-order chi connectivity index (χ0) is 20.4. The van der Waals surface area contributed by atoms with Crippen molar-refractivity contribution in [2.75, 3.05) is 18.0 Å². The van der Waals surface area contributed by atoms with Crippen LogP contribution in [0.3, 0.4) is 0 Å². The van der Waals surface area contributed by atoms with Gasteiger partial charge in [-0.05, 0) is 46.5 Å². The second-order valence-corrected chi connectivity index (χ2v) is 9.23. The molecule has 1 aliphatic heterocycles. The van der Waals surface area contributed by atoms with Crippen LogP contribution in [-0.2, 0) is 15.0 Å². The van der Waals surface area contributed by atoms with Gasteiger partial charge < -0.3 is 15.0 Å². The molecule has 0 radical (unpaired) electrons. The zero-order valence-corrected chi connectivity index (χ0v) is 16.2. The van der Waals surface area contributed by atoms with E-state index in [4.69, 9.17) is 4.74 Å². The Balaban J connectivity index is 1.31. The van der Waals surface area contributed by atoms with E-state index in [0.717, 1.165) is 24.9 Å². The molecule has 4 fully saturated rings. The quantitative estimate of drug-likeness (QED) is 0.838. The lowest BCUT2D eigenvalue weighted by Crippen LogP contribution is -2.79. The molecule has 0 spiro atoms. The van der Waals surface area contributed by atoms with E-state index in [1.807, 2.05) is 36.5 Å². The van der Waals surface area contributed by atoms with E-state index in [-0.39, 0.29) is 17.6 Å². The molecule has 2 bridgehead atoms. The average Bonchev–Trinajstić information content (AvgIpc) is 3.06. The van der Waals surface area contributed by atoms with Crippen LogP contribution in [-0.4, -0.2) is 52.6 Å².